The largest absolute Gasteiger partial charge is 0.457 e. The Morgan fingerprint density at radius 3 is 1.24 bits per heavy atom. The number of ketones is 4. The molecular weight excluding hydrogens is 528 g/mol. The van der Waals surface area contributed by atoms with Crippen LogP contribution < -0.4 is 0 Å². The molecule has 0 bridgehead atoms. The lowest BCUT2D eigenvalue weighted by Crippen LogP contribution is -2.41. The maximum atomic E-state index is 14.6. The van der Waals surface area contributed by atoms with Crippen LogP contribution in [0.1, 0.15) is 76.3 Å². The summed E-state index contributed by atoms with van der Waals surface area (Å²) in [6.07, 6.45) is 1.56. The molecule has 5 aliphatic rings. The summed E-state index contributed by atoms with van der Waals surface area (Å²) in [5.74, 6) is -1.86. The van der Waals surface area contributed by atoms with Crippen LogP contribution in [-0.4, -0.2) is 23.1 Å². The molecule has 0 fully saturated rings. The van der Waals surface area contributed by atoms with Crippen molar-refractivity contribution in [2.24, 2.45) is 10.8 Å². The number of allylic oxidation sites excluding steroid dienone is 6. The summed E-state index contributed by atoms with van der Waals surface area (Å²) in [6, 6.07) is 18.7. The molecule has 6 heteroatoms. The standard InChI is InChI=1S/C36H32O6/c1-35(2)15-21(37)27-23(17-35)41-33-29(25(27)19-11-7-5-8-12-19)32(40)34-30(31(33)39)26(20-13-9-6-10-14-20)28-22(38)16-36(3,4)18-24(28)42-34/h5-14,25-26H,15-18H2,1-4H3. The zero-order valence-corrected chi connectivity index (χ0v) is 24.2. The zero-order valence-electron chi connectivity index (χ0n) is 24.2. The molecule has 0 spiro atoms. The molecule has 3 aliphatic carbocycles. The van der Waals surface area contributed by atoms with E-state index in [4.69, 9.17) is 9.47 Å². The minimum absolute atomic E-state index is 0.0611. The molecule has 0 N–H and O–H groups in total. The van der Waals surface area contributed by atoms with Gasteiger partial charge in [0, 0.05) is 48.7 Å². The highest BCUT2D eigenvalue weighted by Gasteiger charge is 2.54. The smallest absolute Gasteiger partial charge is 0.229 e. The third-order valence-corrected chi connectivity index (χ3v) is 9.02. The molecule has 2 aromatic carbocycles. The number of ether oxygens (including phenoxy) is 2. The Labute approximate surface area is 244 Å². The van der Waals surface area contributed by atoms with Gasteiger partial charge in [0.05, 0.1) is 11.1 Å². The topological polar surface area (TPSA) is 86.7 Å². The van der Waals surface area contributed by atoms with E-state index in [1.54, 1.807) is 0 Å². The zero-order chi connectivity index (χ0) is 29.6. The second-order valence-corrected chi connectivity index (χ2v) is 13.6. The van der Waals surface area contributed by atoms with Crippen LogP contribution in [0.4, 0.5) is 0 Å². The third-order valence-electron chi connectivity index (χ3n) is 9.02. The van der Waals surface area contributed by atoms with Crippen molar-refractivity contribution in [1.29, 1.82) is 0 Å². The molecule has 6 nitrogen and oxygen atoms in total. The second-order valence-electron chi connectivity index (χ2n) is 13.6. The Kier molecular flexibility index (Phi) is 5.75. The first-order chi connectivity index (χ1) is 20.0. The van der Waals surface area contributed by atoms with Gasteiger partial charge in [-0.1, -0.05) is 88.4 Å². The SMILES string of the molecule is CC1(C)CC(=O)C2=C(C1)OC1=C(C(=O)C3=C(C1=O)C(c1ccccc1)C1=C(CC(C)(C)CC1=O)O3)C2c1ccccc1. The molecule has 2 atom stereocenters. The number of carbonyl (C=O) groups is 4. The van der Waals surface area contributed by atoms with Gasteiger partial charge in [0.25, 0.3) is 0 Å². The lowest BCUT2D eigenvalue weighted by atomic mass is 9.65. The lowest BCUT2D eigenvalue weighted by molar-refractivity contribution is -0.124. The van der Waals surface area contributed by atoms with Crippen LogP contribution in [0.15, 0.2) is 106 Å². The summed E-state index contributed by atoms with van der Waals surface area (Å²) < 4.78 is 12.7. The first-order valence-corrected chi connectivity index (χ1v) is 14.5. The molecule has 0 aromatic heterocycles. The number of rotatable bonds is 2. The minimum atomic E-state index is -0.752. The number of carbonyl (C=O) groups excluding carboxylic acids is 4. The summed E-state index contributed by atoms with van der Waals surface area (Å²) in [7, 11) is 0. The Balaban J connectivity index is 1.43. The van der Waals surface area contributed by atoms with Crippen molar-refractivity contribution in [2.75, 3.05) is 0 Å². The van der Waals surface area contributed by atoms with Crippen LogP contribution in [0.25, 0.3) is 0 Å². The highest BCUT2D eigenvalue weighted by atomic mass is 16.5. The van der Waals surface area contributed by atoms with E-state index in [9.17, 15) is 19.2 Å². The minimum Gasteiger partial charge on any atom is -0.457 e. The number of benzene rings is 2. The van der Waals surface area contributed by atoms with Gasteiger partial charge in [-0.25, -0.2) is 0 Å². The van der Waals surface area contributed by atoms with Gasteiger partial charge in [-0.05, 0) is 22.0 Å². The highest BCUT2D eigenvalue weighted by Crippen LogP contribution is 2.55. The predicted molar refractivity (Wildman–Crippen MR) is 155 cm³/mol. The Morgan fingerprint density at radius 1 is 0.524 bits per heavy atom. The van der Waals surface area contributed by atoms with Gasteiger partial charge in [0.15, 0.2) is 23.1 Å². The lowest BCUT2D eigenvalue weighted by Gasteiger charge is -2.43. The number of hydrogen-bond acceptors (Lipinski definition) is 6. The van der Waals surface area contributed by atoms with Gasteiger partial charge in [0.1, 0.15) is 11.5 Å². The molecule has 2 aromatic rings. The molecule has 2 aliphatic heterocycles. The van der Waals surface area contributed by atoms with E-state index in [1.807, 2.05) is 88.4 Å². The van der Waals surface area contributed by atoms with Crippen molar-refractivity contribution in [3.8, 4) is 0 Å². The second kappa shape index (κ2) is 9.09. The molecule has 2 heterocycles. The van der Waals surface area contributed by atoms with E-state index in [1.165, 1.54) is 0 Å². The first-order valence-electron chi connectivity index (χ1n) is 14.5. The van der Waals surface area contributed by atoms with E-state index in [-0.39, 0.29) is 45.1 Å². The van der Waals surface area contributed by atoms with Gasteiger partial charge < -0.3 is 9.47 Å². The van der Waals surface area contributed by atoms with Crippen molar-refractivity contribution in [3.63, 3.8) is 0 Å². The average Bonchev–Trinajstić information content (AvgIpc) is 2.93. The number of hydrogen-bond donors (Lipinski definition) is 0. The van der Waals surface area contributed by atoms with Crippen molar-refractivity contribution in [2.45, 2.75) is 65.2 Å². The van der Waals surface area contributed by atoms with Crippen LogP contribution >= 0.6 is 0 Å². The van der Waals surface area contributed by atoms with E-state index in [0.717, 1.165) is 11.1 Å². The van der Waals surface area contributed by atoms with Crippen molar-refractivity contribution >= 4 is 23.1 Å². The van der Waals surface area contributed by atoms with E-state index >= 15 is 0 Å². The highest BCUT2D eigenvalue weighted by molar-refractivity contribution is 6.27. The Bertz CT molecular complexity index is 1600. The number of Topliss-reactive ketones (excluding diaryl/α,β-unsaturated/α-hetero) is 4. The molecule has 0 saturated heterocycles. The fourth-order valence-electron chi connectivity index (χ4n) is 7.30. The molecule has 42 heavy (non-hydrogen) atoms. The maximum Gasteiger partial charge on any atom is 0.229 e. The van der Waals surface area contributed by atoms with Gasteiger partial charge >= 0.3 is 0 Å². The average molecular weight is 561 g/mol. The molecule has 0 amide bonds. The molecule has 0 saturated carbocycles. The molecule has 7 rings (SSSR count). The summed E-state index contributed by atoms with van der Waals surface area (Å²) in [4.78, 5) is 56.5. The molecule has 0 radical (unpaired) electrons. The van der Waals surface area contributed by atoms with Crippen LogP contribution in [-0.2, 0) is 28.7 Å². The van der Waals surface area contributed by atoms with Gasteiger partial charge in [0.2, 0.25) is 11.6 Å². The fourth-order valence-corrected chi connectivity index (χ4v) is 7.30. The fraction of sp³-hybridized carbons (Fsp3) is 0.333. The van der Waals surface area contributed by atoms with E-state index in [0.29, 0.717) is 48.3 Å². The predicted octanol–water partition coefficient (Wildman–Crippen LogP) is 6.56. The Morgan fingerprint density at radius 2 is 0.881 bits per heavy atom. The quantitative estimate of drug-likeness (QED) is 0.387. The summed E-state index contributed by atoms with van der Waals surface area (Å²) >= 11 is 0. The molecule has 2 unspecified atom stereocenters. The maximum absolute atomic E-state index is 14.6. The molecule has 212 valence electrons. The van der Waals surface area contributed by atoms with Crippen molar-refractivity contribution < 1.29 is 28.7 Å². The van der Waals surface area contributed by atoms with E-state index in [2.05, 4.69) is 0 Å². The summed E-state index contributed by atoms with van der Waals surface area (Å²) in [6.45, 7) is 7.99. The van der Waals surface area contributed by atoms with Crippen LogP contribution in [0.2, 0.25) is 0 Å². The molecular formula is C36H32O6. The summed E-state index contributed by atoms with van der Waals surface area (Å²) in [5, 5.41) is 0. The van der Waals surface area contributed by atoms with Crippen LogP contribution in [0.5, 0.6) is 0 Å². The van der Waals surface area contributed by atoms with Crippen molar-refractivity contribution in [3.05, 3.63) is 117 Å². The van der Waals surface area contributed by atoms with Crippen LogP contribution in [0.3, 0.4) is 0 Å². The normalized spacial score (nSPS) is 26.3. The van der Waals surface area contributed by atoms with Crippen LogP contribution in [0, 0.1) is 10.8 Å². The van der Waals surface area contributed by atoms with E-state index < -0.39 is 23.4 Å². The summed E-state index contributed by atoms with van der Waals surface area (Å²) in [5.41, 5.74) is 1.91. The Hall–Kier alpha value is -4.32. The van der Waals surface area contributed by atoms with Gasteiger partial charge in [-0.3, -0.25) is 19.2 Å². The van der Waals surface area contributed by atoms with Gasteiger partial charge in [-0.2, -0.15) is 0 Å². The first kappa shape index (κ1) is 26.6. The third kappa shape index (κ3) is 3.99. The van der Waals surface area contributed by atoms with Crippen molar-refractivity contribution in [1.82, 2.24) is 0 Å². The van der Waals surface area contributed by atoms with Gasteiger partial charge in [-0.15, -0.1) is 0 Å². The monoisotopic (exact) mass is 560 g/mol.